The van der Waals surface area contributed by atoms with Crippen molar-refractivity contribution in [3.63, 3.8) is 0 Å². The number of aromatic amines is 1. The number of aromatic nitrogens is 2. The summed E-state index contributed by atoms with van der Waals surface area (Å²) in [6.45, 7) is -0.319. The second-order valence-corrected chi connectivity index (χ2v) is 7.41. The maximum absolute atomic E-state index is 12.0. The van der Waals surface area contributed by atoms with E-state index in [0.29, 0.717) is 15.5 Å². The molecular formula is C11H14N5O6PS2. The van der Waals surface area contributed by atoms with Crippen molar-refractivity contribution in [3.8, 4) is 0 Å². The summed E-state index contributed by atoms with van der Waals surface area (Å²) in [7, 11) is -3.13. The Labute approximate surface area is 152 Å². The molecule has 1 aromatic rings. The smallest absolute Gasteiger partial charge is 0.466 e. The minimum atomic E-state index is -4.18. The van der Waals surface area contributed by atoms with E-state index in [9.17, 15) is 14.3 Å². The van der Waals surface area contributed by atoms with Crippen LogP contribution in [0, 0.1) is 0 Å². The normalized spacial score (nSPS) is 21.5. The van der Waals surface area contributed by atoms with Gasteiger partial charge in [-0.25, -0.2) is 4.57 Å². The zero-order valence-corrected chi connectivity index (χ0v) is 15.3. The van der Waals surface area contributed by atoms with E-state index in [2.05, 4.69) is 50.4 Å². The van der Waals surface area contributed by atoms with Gasteiger partial charge in [0.1, 0.15) is 18.0 Å². The first kappa shape index (κ1) is 18.2. The van der Waals surface area contributed by atoms with E-state index >= 15 is 0 Å². The van der Waals surface area contributed by atoms with Crippen molar-refractivity contribution in [2.45, 2.75) is 6.10 Å². The molecule has 2 atom stereocenters. The molecular weight excluding hydrogens is 393 g/mol. The van der Waals surface area contributed by atoms with Crippen LogP contribution in [0.3, 0.4) is 0 Å². The van der Waals surface area contributed by atoms with Crippen LogP contribution in [-0.2, 0) is 18.3 Å². The van der Waals surface area contributed by atoms with Crippen LogP contribution in [0.25, 0.3) is 0 Å². The Kier molecular flexibility index (Phi) is 4.79. The Morgan fingerprint density at radius 2 is 2.16 bits per heavy atom. The fourth-order valence-corrected chi connectivity index (χ4v) is 3.08. The number of anilines is 3. The number of thiol groups is 2. The van der Waals surface area contributed by atoms with E-state index in [1.54, 1.807) is 0 Å². The van der Waals surface area contributed by atoms with Crippen LogP contribution in [0.1, 0.15) is 0 Å². The molecule has 1 aromatic heterocycles. The minimum Gasteiger partial charge on any atom is -0.466 e. The molecule has 3 rings (SSSR count). The second kappa shape index (κ2) is 6.59. The zero-order chi connectivity index (χ0) is 18.4. The van der Waals surface area contributed by atoms with Crippen molar-refractivity contribution in [2.24, 2.45) is 0 Å². The van der Waals surface area contributed by atoms with Crippen LogP contribution in [0.15, 0.2) is 26.2 Å². The number of nitrogens with one attached hydrogen (secondary N) is 3. The van der Waals surface area contributed by atoms with Gasteiger partial charge in [-0.2, -0.15) is 4.98 Å². The Morgan fingerprint density at radius 3 is 2.84 bits per heavy atom. The molecule has 2 aliphatic rings. The van der Waals surface area contributed by atoms with Gasteiger partial charge in [-0.15, -0.1) is 25.3 Å². The molecule has 3 heterocycles. The lowest BCUT2D eigenvalue weighted by Gasteiger charge is -2.32. The molecule has 0 saturated carbocycles. The van der Waals surface area contributed by atoms with E-state index in [4.69, 9.17) is 15.0 Å². The standard InChI is InChI=1S/C11H14N5O6PS2/c1-20-23(18,19)21-2-3-6(24)7(25)4-10(22-3)14-8-5(13-4)9(17)16-11(12)15-8/h3,13,24-25H,2H2,1H3,(H,18,19)(H4,12,14,15,16,17). The van der Waals surface area contributed by atoms with E-state index in [1.165, 1.54) is 0 Å². The Balaban J connectivity index is 1.87. The SMILES string of the molecule is COP(=O)(O)OCC1OC2=C(Nc3c(nc(N)[nH]c3=O)N2)C(S)=C1S. The Bertz CT molecular complexity index is 899. The lowest BCUT2D eigenvalue weighted by molar-refractivity contribution is 0.0748. The quantitative estimate of drug-likeness (QED) is 0.278. The second-order valence-electron chi connectivity index (χ2n) is 4.92. The van der Waals surface area contributed by atoms with Crippen LogP contribution in [0.2, 0.25) is 0 Å². The lowest BCUT2D eigenvalue weighted by Crippen LogP contribution is -2.33. The molecule has 11 nitrogen and oxygen atoms in total. The van der Waals surface area contributed by atoms with Crippen molar-refractivity contribution in [1.82, 2.24) is 9.97 Å². The summed E-state index contributed by atoms with van der Waals surface area (Å²) in [5.74, 6) is 0.273. The zero-order valence-electron chi connectivity index (χ0n) is 12.6. The predicted molar refractivity (Wildman–Crippen MR) is 96.2 cm³/mol. The highest BCUT2D eigenvalue weighted by molar-refractivity contribution is 7.88. The van der Waals surface area contributed by atoms with Gasteiger partial charge < -0.3 is 26.0 Å². The summed E-state index contributed by atoms with van der Waals surface area (Å²) in [6, 6.07) is 0. The third-order valence-corrected chi connectivity index (χ3v) is 5.40. The van der Waals surface area contributed by atoms with E-state index < -0.39 is 19.5 Å². The van der Waals surface area contributed by atoms with Gasteiger partial charge in [0.25, 0.3) is 5.56 Å². The van der Waals surface area contributed by atoms with Crippen LogP contribution >= 0.6 is 33.1 Å². The number of phosphoric acid groups is 1. The molecule has 0 spiro atoms. The summed E-state index contributed by atoms with van der Waals surface area (Å²) in [5.41, 5.74) is 5.53. The van der Waals surface area contributed by atoms with E-state index in [0.717, 1.165) is 7.11 Å². The molecule has 0 radical (unpaired) electrons. The van der Waals surface area contributed by atoms with Crippen molar-refractivity contribution >= 4 is 50.5 Å². The van der Waals surface area contributed by atoms with Crippen molar-refractivity contribution in [2.75, 3.05) is 30.1 Å². The first-order valence-corrected chi connectivity index (χ1v) is 9.11. The number of ether oxygens (including phenoxy) is 1. The highest BCUT2D eigenvalue weighted by atomic mass is 32.1. The van der Waals surface area contributed by atoms with Gasteiger partial charge in [-0.1, -0.05) is 0 Å². The largest absolute Gasteiger partial charge is 0.472 e. The van der Waals surface area contributed by atoms with Gasteiger partial charge in [0, 0.05) is 16.9 Å². The molecule has 0 aromatic carbocycles. The van der Waals surface area contributed by atoms with Gasteiger partial charge in [0.05, 0.1) is 0 Å². The topological polar surface area (TPSA) is 161 Å². The van der Waals surface area contributed by atoms with Gasteiger partial charge in [-0.3, -0.25) is 18.8 Å². The highest BCUT2D eigenvalue weighted by Crippen LogP contribution is 2.44. The molecule has 25 heavy (non-hydrogen) atoms. The Hall–Kier alpha value is -1.63. The van der Waals surface area contributed by atoms with Crippen LogP contribution in [0.4, 0.5) is 17.5 Å². The molecule has 136 valence electrons. The molecule has 0 amide bonds. The molecule has 2 aliphatic heterocycles. The molecule has 14 heteroatoms. The van der Waals surface area contributed by atoms with Crippen LogP contribution < -0.4 is 21.9 Å². The monoisotopic (exact) mass is 407 g/mol. The summed E-state index contributed by atoms with van der Waals surface area (Å²) < 4.78 is 26.2. The van der Waals surface area contributed by atoms with E-state index in [-0.39, 0.29) is 29.9 Å². The number of nitrogens with two attached hydrogens (primary N) is 1. The number of nitrogens with zero attached hydrogens (tertiary/aromatic N) is 1. The van der Waals surface area contributed by atoms with Gasteiger partial charge >= 0.3 is 7.82 Å². The number of fused-ring (bicyclic) bond motifs is 1. The third kappa shape index (κ3) is 3.52. The Morgan fingerprint density at radius 1 is 1.44 bits per heavy atom. The third-order valence-electron chi connectivity index (χ3n) is 3.31. The average molecular weight is 407 g/mol. The average Bonchev–Trinajstić information content (AvgIpc) is 2.55. The maximum Gasteiger partial charge on any atom is 0.472 e. The number of hydrogen-bond donors (Lipinski definition) is 7. The predicted octanol–water partition coefficient (Wildman–Crippen LogP) is 0.592. The summed E-state index contributed by atoms with van der Waals surface area (Å²) in [4.78, 5) is 28.3. The number of hydrogen-bond acceptors (Lipinski definition) is 11. The van der Waals surface area contributed by atoms with Crippen LogP contribution in [0.5, 0.6) is 0 Å². The van der Waals surface area contributed by atoms with Gasteiger partial charge in [-0.05, 0) is 0 Å². The maximum atomic E-state index is 12.0. The van der Waals surface area contributed by atoms with Crippen LogP contribution in [-0.4, -0.2) is 34.7 Å². The number of H-pyrrole nitrogens is 1. The van der Waals surface area contributed by atoms with Gasteiger partial charge in [0.15, 0.2) is 11.9 Å². The lowest BCUT2D eigenvalue weighted by atomic mass is 10.2. The molecule has 0 aliphatic carbocycles. The fraction of sp³-hybridized carbons (Fsp3) is 0.273. The van der Waals surface area contributed by atoms with Gasteiger partial charge in [0.2, 0.25) is 11.8 Å². The molecule has 0 bridgehead atoms. The summed E-state index contributed by atoms with van der Waals surface area (Å²) in [6.07, 6.45) is -0.833. The molecule has 0 fully saturated rings. The fourth-order valence-electron chi connectivity index (χ4n) is 2.11. The summed E-state index contributed by atoms with van der Waals surface area (Å²) >= 11 is 8.66. The number of rotatable bonds is 4. The van der Waals surface area contributed by atoms with E-state index in [1.807, 2.05) is 0 Å². The first-order chi connectivity index (χ1) is 11.7. The number of phosphoric ester groups is 1. The first-order valence-electron chi connectivity index (χ1n) is 6.72. The minimum absolute atomic E-state index is 0.0735. The molecule has 6 N–H and O–H groups in total. The van der Waals surface area contributed by atoms with Crippen molar-refractivity contribution in [3.05, 3.63) is 31.7 Å². The number of nitrogen functional groups attached to an aromatic ring is 1. The highest BCUT2D eigenvalue weighted by Gasteiger charge is 2.34. The van der Waals surface area contributed by atoms with Crippen molar-refractivity contribution in [1.29, 1.82) is 0 Å². The molecule has 2 unspecified atom stereocenters. The van der Waals surface area contributed by atoms with Crippen molar-refractivity contribution < 1.29 is 23.2 Å². The summed E-state index contributed by atoms with van der Waals surface area (Å²) in [5, 5.41) is 5.68. The molecule has 0 saturated heterocycles.